The summed E-state index contributed by atoms with van der Waals surface area (Å²) in [6.07, 6.45) is 1.76. The van der Waals surface area contributed by atoms with Crippen molar-refractivity contribution in [3.63, 3.8) is 0 Å². The molecular weight excluding hydrogens is 353 g/mol. The van der Waals surface area contributed by atoms with Gasteiger partial charge in [0.2, 0.25) is 0 Å². The van der Waals surface area contributed by atoms with Crippen LogP contribution in [0.2, 0.25) is 0 Å². The molecule has 0 N–H and O–H groups in total. The fraction of sp³-hybridized carbons (Fsp3) is 0.389. The van der Waals surface area contributed by atoms with Crippen molar-refractivity contribution in [1.29, 1.82) is 0 Å². The van der Waals surface area contributed by atoms with E-state index in [1.165, 1.54) is 23.5 Å². The molecular formula is C18H20FN5OS. The number of thiazole rings is 1. The van der Waals surface area contributed by atoms with E-state index in [-0.39, 0.29) is 11.7 Å². The van der Waals surface area contributed by atoms with Crippen molar-refractivity contribution in [1.82, 2.24) is 24.3 Å². The number of hydrogen-bond acceptors (Lipinski definition) is 5. The van der Waals surface area contributed by atoms with Crippen LogP contribution in [-0.4, -0.2) is 63.0 Å². The Kier molecular flexibility index (Phi) is 4.69. The molecule has 3 heterocycles. The van der Waals surface area contributed by atoms with E-state index >= 15 is 0 Å². The summed E-state index contributed by atoms with van der Waals surface area (Å²) >= 11 is 1.50. The quantitative estimate of drug-likeness (QED) is 0.705. The monoisotopic (exact) mass is 373 g/mol. The van der Waals surface area contributed by atoms with E-state index in [4.69, 9.17) is 0 Å². The fourth-order valence-electron chi connectivity index (χ4n) is 3.26. The molecule has 1 aliphatic rings. The highest BCUT2D eigenvalue weighted by Crippen LogP contribution is 2.15. The Morgan fingerprint density at radius 3 is 2.77 bits per heavy atom. The summed E-state index contributed by atoms with van der Waals surface area (Å²) in [4.78, 5) is 25.2. The first-order chi connectivity index (χ1) is 12.6. The highest BCUT2D eigenvalue weighted by atomic mass is 32.1. The Labute approximate surface area is 154 Å². The molecule has 1 amide bonds. The number of aryl methyl sites for hydroxylation is 1. The van der Waals surface area contributed by atoms with E-state index in [0.29, 0.717) is 24.3 Å². The van der Waals surface area contributed by atoms with Crippen LogP contribution in [0.5, 0.6) is 0 Å². The van der Waals surface area contributed by atoms with Gasteiger partial charge in [0.25, 0.3) is 5.91 Å². The van der Waals surface area contributed by atoms with Gasteiger partial charge in [0.05, 0.1) is 22.4 Å². The van der Waals surface area contributed by atoms with Crippen molar-refractivity contribution in [2.45, 2.75) is 13.5 Å². The number of aromatic nitrogens is 3. The van der Waals surface area contributed by atoms with Crippen molar-refractivity contribution >= 4 is 28.3 Å². The highest BCUT2D eigenvalue weighted by molar-refractivity contribution is 7.09. The summed E-state index contributed by atoms with van der Waals surface area (Å²) in [6, 6.07) is 4.69. The predicted molar refractivity (Wildman–Crippen MR) is 98.9 cm³/mol. The van der Waals surface area contributed by atoms with Crippen LogP contribution in [0.3, 0.4) is 0 Å². The van der Waals surface area contributed by atoms with Crippen LogP contribution in [0.4, 0.5) is 4.39 Å². The van der Waals surface area contributed by atoms with Crippen LogP contribution in [0.1, 0.15) is 15.5 Å². The second-order valence-corrected chi connectivity index (χ2v) is 7.52. The summed E-state index contributed by atoms with van der Waals surface area (Å²) in [6.45, 7) is 6.69. The lowest BCUT2D eigenvalue weighted by molar-refractivity contribution is 0.0628. The van der Waals surface area contributed by atoms with Crippen LogP contribution >= 0.6 is 11.3 Å². The number of rotatable bonds is 4. The molecule has 0 unspecified atom stereocenters. The number of carbonyl (C=O) groups excluding carboxylic acids is 1. The molecule has 0 radical (unpaired) electrons. The summed E-state index contributed by atoms with van der Waals surface area (Å²) in [5.41, 5.74) is 2.18. The molecule has 6 nitrogen and oxygen atoms in total. The number of hydrogen-bond donors (Lipinski definition) is 0. The Balaban J connectivity index is 1.31. The first-order valence-corrected chi connectivity index (χ1v) is 9.52. The lowest BCUT2D eigenvalue weighted by Crippen LogP contribution is -2.49. The third-order valence-corrected chi connectivity index (χ3v) is 5.51. The standard InChI is InChI=1S/C18H20FN5OS/c1-13-21-16(11-26-13)18(25)23-7-4-22(5-8-23)6-9-24-12-20-15-10-14(19)2-3-17(15)24/h2-3,10-12H,4-9H2,1H3. The van der Waals surface area contributed by atoms with Crippen molar-refractivity contribution in [2.24, 2.45) is 0 Å². The van der Waals surface area contributed by atoms with E-state index in [1.54, 1.807) is 12.4 Å². The number of fused-ring (bicyclic) bond motifs is 1. The molecule has 4 rings (SSSR count). The number of halogens is 1. The first kappa shape index (κ1) is 17.1. The number of benzene rings is 1. The average Bonchev–Trinajstić information content (AvgIpc) is 3.25. The SMILES string of the molecule is Cc1nc(C(=O)N2CCN(CCn3cnc4cc(F)ccc43)CC2)cs1. The molecule has 0 saturated carbocycles. The normalized spacial score (nSPS) is 15.7. The Morgan fingerprint density at radius 1 is 1.23 bits per heavy atom. The summed E-state index contributed by atoms with van der Waals surface area (Å²) in [5.74, 6) is -0.240. The van der Waals surface area contributed by atoms with Gasteiger partial charge >= 0.3 is 0 Å². The molecule has 3 aromatic rings. The zero-order valence-corrected chi connectivity index (χ0v) is 15.4. The van der Waals surface area contributed by atoms with Gasteiger partial charge < -0.3 is 9.47 Å². The maximum atomic E-state index is 13.3. The third kappa shape index (κ3) is 3.47. The minimum Gasteiger partial charge on any atom is -0.335 e. The van der Waals surface area contributed by atoms with Gasteiger partial charge in [0.15, 0.2) is 0 Å². The second-order valence-electron chi connectivity index (χ2n) is 6.46. The van der Waals surface area contributed by atoms with Crippen molar-refractivity contribution in [3.05, 3.63) is 46.4 Å². The van der Waals surface area contributed by atoms with Crippen molar-refractivity contribution < 1.29 is 9.18 Å². The summed E-state index contributed by atoms with van der Waals surface area (Å²) in [7, 11) is 0. The van der Waals surface area contributed by atoms with Gasteiger partial charge in [0, 0.05) is 50.7 Å². The summed E-state index contributed by atoms with van der Waals surface area (Å²) in [5, 5.41) is 2.75. The van der Waals surface area contributed by atoms with Crippen LogP contribution in [0.25, 0.3) is 11.0 Å². The Hall–Kier alpha value is -2.32. The molecule has 0 bridgehead atoms. The third-order valence-electron chi connectivity index (χ3n) is 4.74. The van der Waals surface area contributed by atoms with E-state index < -0.39 is 0 Å². The van der Waals surface area contributed by atoms with Crippen molar-refractivity contribution in [3.8, 4) is 0 Å². The molecule has 1 saturated heterocycles. The van der Waals surface area contributed by atoms with E-state index in [2.05, 4.69) is 14.9 Å². The molecule has 26 heavy (non-hydrogen) atoms. The zero-order valence-electron chi connectivity index (χ0n) is 14.6. The van der Waals surface area contributed by atoms with E-state index in [1.807, 2.05) is 21.8 Å². The number of amides is 1. The van der Waals surface area contributed by atoms with E-state index in [9.17, 15) is 9.18 Å². The Morgan fingerprint density at radius 2 is 2.04 bits per heavy atom. The van der Waals surface area contributed by atoms with Gasteiger partial charge in [-0.05, 0) is 19.1 Å². The van der Waals surface area contributed by atoms with Crippen LogP contribution in [-0.2, 0) is 6.54 Å². The van der Waals surface area contributed by atoms with Gasteiger partial charge in [-0.1, -0.05) is 0 Å². The molecule has 1 aliphatic heterocycles. The largest absolute Gasteiger partial charge is 0.335 e. The number of imidazole rings is 1. The Bertz CT molecular complexity index is 929. The topological polar surface area (TPSA) is 54.3 Å². The molecule has 2 aromatic heterocycles. The molecule has 8 heteroatoms. The average molecular weight is 373 g/mol. The van der Waals surface area contributed by atoms with Crippen molar-refractivity contribution in [2.75, 3.05) is 32.7 Å². The van der Waals surface area contributed by atoms with Crippen LogP contribution in [0, 0.1) is 12.7 Å². The predicted octanol–water partition coefficient (Wildman–Crippen LogP) is 2.40. The molecule has 1 fully saturated rings. The molecule has 136 valence electrons. The van der Waals surface area contributed by atoms with E-state index in [0.717, 1.165) is 36.7 Å². The summed E-state index contributed by atoms with van der Waals surface area (Å²) < 4.78 is 15.3. The number of carbonyl (C=O) groups is 1. The number of nitrogens with zero attached hydrogens (tertiary/aromatic N) is 5. The second kappa shape index (κ2) is 7.13. The molecule has 0 spiro atoms. The molecule has 0 aliphatic carbocycles. The number of piperazine rings is 1. The van der Waals surface area contributed by atoms with Crippen LogP contribution in [0.15, 0.2) is 29.9 Å². The minimum atomic E-state index is -0.265. The maximum absolute atomic E-state index is 13.3. The molecule has 0 atom stereocenters. The smallest absolute Gasteiger partial charge is 0.273 e. The highest BCUT2D eigenvalue weighted by Gasteiger charge is 2.23. The maximum Gasteiger partial charge on any atom is 0.273 e. The fourth-order valence-corrected chi connectivity index (χ4v) is 3.85. The lowest BCUT2D eigenvalue weighted by Gasteiger charge is -2.34. The van der Waals surface area contributed by atoms with Gasteiger partial charge in [0.1, 0.15) is 11.5 Å². The van der Waals surface area contributed by atoms with Gasteiger partial charge in [-0.15, -0.1) is 11.3 Å². The molecule has 1 aromatic carbocycles. The van der Waals surface area contributed by atoms with Gasteiger partial charge in [-0.2, -0.15) is 0 Å². The van der Waals surface area contributed by atoms with Gasteiger partial charge in [-0.3, -0.25) is 9.69 Å². The minimum absolute atomic E-state index is 0.0247. The van der Waals surface area contributed by atoms with Gasteiger partial charge in [-0.25, -0.2) is 14.4 Å². The zero-order chi connectivity index (χ0) is 18.1. The first-order valence-electron chi connectivity index (χ1n) is 8.64. The van der Waals surface area contributed by atoms with Crippen LogP contribution < -0.4 is 0 Å². The lowest BCUT2D eigenvalue weighted by atomic mass is 10.2.